The number of piperazine rings is 1. The first-order chi connectivity index (χ1) is 16.1. The highest BCUT2D eigenvalue weighted by atomic mass is 32.2. The number of rotatable bonds is 7. The minimum absolute atomic E-state index is 0.0497. The standard InChI is InChI=1S/C25H29N5O2S/c1-18-7-6-8-20(19(18)2)28-23(31)17-33-25-24(26-11-12-27-25)30-15-13-29(14-16-30)21-9-4-5-10-22(21)32-3/h4-12H,13-17H2,1-3H3,(H,28,31). The molecular formula is C25H29N5O2S. The van der Waals surface area contributed by atoms with Crippen LogP contribution in [0.3, 0.4) is 0 Å². The molecule has 1 aliphatic rings. The Hall–Kier alpha value is -3.26. The van der Waals surface area contributed by atoms with E-state index in [0.717, 1.165) is 65.3 Å². The fourth-order valence-electron chi connectivity index (χ4n) is 3.89. The zero-order valence-electron chi connectivity index (χ0n) is 19.2. The molecule has 1 N–H and O–H groups in total. The van der Waals surface area contributed by atoms with Gasteiger partial charge in [0.1, 0.15) is 10.8 Å². The Morgan fingerprint density at radius 3 is 2.52 bits per heavy atom. The van der Waals surface area contributed by atoms with Gasteiger partial charge in [-0.2, -0.15) is 0 Å². The molecule has 0 saturated carbocycles. The van der Waals surface area contributed by atoms with Crippen LogP contribution in [-0.4, -0.2) is 54.9 Å². The second-order valence-electron chi connectivity index (χ2n) is 7.92. The highest BCUT2D eigenvalue weighted by Crippen LogP contribution is 2.31. The summed E-state index contributed by atoms with van der Waals surface area (Å²) in [6, 6.07) is 14.0. The van der Waals surface area contributed by atoms with Crippen LogP contribution in [0.1, 0.15) is 11.1 Å². The number of para-hydroxylation sites is 2. The summed E-state index contributed by atoms with van der Waals surface area (Å²) in [7, 11) is 1.70. The van der Waals surface area contributed by atoms with Crippen molar-refractivity contribution in [2.24, 2.45) is 0 Å². The first-order valence-electron chi connectivity index (χ1n) is 11.0. The number of amides is 1. The molecule has 2 aromatic carbocycles. The van der Waals surface area contributed by atoms with Gasteiger partial charge in [-0.1, -0.05) is 36.0 Å². The maximum Gasteiger partial charge on any atom is 0.234 e. The van der Waals surface area contributed by atoms with Gasteiger partial charge in [0, 0.05) is 44.3 Å². The molecule has 1 amide bonds. The van der Waals surface area contributed by atoms with Gasteiger partial charge in [-0.3, -0.25) is 4.79 Å². The lowest BCUT2D eigenvalue weighted by Gasteiger charge is -2.37. The predicted octanol–water partition coefficient (Wildman–Crippen LogP) is 4.16. The number of anilines is 3. The van der Waals surface area contributed by atoms with E-state index >= 15 is 0 Å². The van der Waals surface area contributed by atoms with Gasteiger partial charge in [-0.15, -0.1) is 0 Å². The van der Waals surface area contributed by atoms with Crippen LogP contribution >= 0.6 is 11.8 Å². The minimum Gasteiger partial charge on any atom is -0.495 e. The van der Waals surface area contributed by atoms with E-state index in [1.54, 1.807) is 19.5 Å². The van der Waals surface area contributed by atoms with Crippen LogP contribution in [-0.2, 0) is 4.79 Å². The van der Waals surface area contributed by atoms with E-state index < -0.39 is 0 Å². The summed E-state index contributed by atoms with van der Waals surface area (Å²) in [6.07, 6.45) is 3.39. The van der Waals surface area contributed by atoms with E-state index in [9.17, 15) is 4.79 Å². The smallest absolute Gasteiger partial charge is 0.234 e. The summed E-state index contributed by atoms with van der Waals surface area (Å²) in [6.45, 7) is 7.41. The summed E-state index contributed by atoms with van der Waals surface area (Å²) in [5.41, 5.74) is 4.21. The molecular weight excluding hydrogens is 434 g/mol. The summed E-state index contributed by atoms with van der Waals surface area (Å²) >= 11 is 1.42. The van der Waals surface area contributed by atoms with Gasteiger partial charge in [0.2, 0.25) is 5.91 Å². The number of hydrogen-bond donors (Lipinski definition) is 1. The molecule has 0 bridgehead atoms. The van der Waals surface area contributed by atoms with Crippen molar-refractivity contribution in [2.45, 2.75) is 18.9 Å². The Kier molecular flexibility index (Phi) is 7.34. The minimum atomic E-state index is -0.0497. The number of nitrogens with one attached hydrogen (secondary N) is 1. The maximum absolute atomic E-state index is 12.6. The van der Waals surface area contributed by atoms with Crippen molar-refractivity contribution in [1.82, 2.24) is 9.97 Å². The van der Waals surface area contributed by atoms with Crippen molar-refractivity contribution >= 4 is 34.9 Å². The zero-order valence-corrected chi connectivity index (χ0v) is 20.1. The zero-order chi connectivity index (χ0) is 23.2. The number of benzene rings is 2. The van der Waals surface area contributed by atoms with Crippen LogP contribution in [0.25, 0.3) is 0 Å². The largest absolute Gasteiger partial charge is 0.495 e. The molecule has 1 aliphatic heterocycles. The molecule has 0 unspecified atom stereocenters. The molecule has 3 aromatic rings. The third kappa shape index (κ3) is 5.39. The van der Waals surface area contributed by atoms with E-state index in [0.29, 0.717) is 0 Å². The average Bonchev–Trinajstić information content (AvgIpc) is 2.86. The number of nitrogens with zero attached hydrogens (tertiary/aromatic N) is 4. The first kappa shape index (κ1) is 22.9. The Bertz CT molecular complexity index is 1120. The molecule has 0 aliphatic carbocycles. The molecule has 0 spiro atoms. The van der Waals surface area contributed by atoms with E-state index in [1.165, 1.54) is 11.8 Å². The SMILES string of the molecule is COc1ccccc1N1CCN(c2nccnc2SCC(=O)Nc2cccc(C)c2C)CC1. The van der Waals surface area contributed by atoms with Crippen molar-refractivity contribution in [1.29, 1.82) is 0 Å². The van der Waals surface area contributed by atoms with Crippen LogP contribution < -0.4 is 19.9 Å². The molecule has 33 heavy (non-hydrogen) atoms. The van der Waals surface area contributed by atoms with E-state index in [-0.39, 0.29) is 11.7 Å². The van der Waals surface area contributed by atoms with Crippen molar-refractivity contribution in [3.05, 3.63) is 66.0 Å². The molecule has 2 heterocycles. The van der Waals surface area contributed by atoms with Gasteiger partial charge in [0.25, 0.3) is 0 Å². The molecule has 1 aromatic heterocycles. The summed E-state index contributed by atoms with van der Waals surface area (Å²) < 4.78 is 5.52. The highest BCUT2D eigenvalue weighted by Gasteiger charge is 2.23. The Morgan fingerprint density at radius 2 is 1.73 bits per heavy atom. The van der Waals surface area contributed by atoms with Gasteiger partial charge in [-0.05, 0) is 43.2 Å². The van der Waals surface area contributed by atoms with Gasteiger partial charge in [0.15, 0.2) is 5.82 Å². The van der Waals surface area contributed by atoms with Crippen molar-refractivity contribution in [2.75, 3.05) is 54.2 Å². The normalized spacial score (nSPS) is 13.7. The number of aromatic nitrogens is 2. The van der Waals surface area contributed by atoms with Crippen molar-refractivity contribution in [3.8, 4) is 5.75 Å². The summed E-state index contributed by atoms with van der Waals surface area (Å²) in [4.78, 5) is 26.3. The number of thioether (sulfide) groups is 1. The Labute approximate surface area is 199 Å². The van der Waals surface area contributed by atoms with Crippen LogP contribution in [0, 0.1) is 13.8 Å². The van der Waals surface area contributed by atoms with E-state index in [4.69, 9.17) is 4.74 Å². The lowest BCUT2D eigenvalue weighted by Crippen LogP contribution is -2.47. The summed E-state index contributed by atoms with van der Waals surface area (Å²) in [5.74, 6) is 1.95. The molecule has 0 atom stereocenters. The molecule has 0 radical (unpaired) electrons. The first-order valence-corrected chi connectivity index (χ1v) is 12.0. The topological polar surface area (TPSA) is 70.6 Å². The lowest BCUT2D eigenvalue weighted by atomic mass is 10.1. The van der Waals surface area contributed by atoms with Gasteiger partial charge < -0.3 is 19.9 Å². The van der Waals surface area contributed by atoms with Crippen molar-refractivity contribution < 1.29 is 9.53 Å². The monoisotopic (exact) mass is 463 g/mol. The number of hydrogen-bond acceptors (Lipinski definition) is 7. The number of carbonyl (C=O) groups is 1. The number of aryl methyl sites for hydroxylation is 1. The number of ether oxygens (including phenoxy) is 1. The molecule has 7 nitrogen and oxygen atoms in total. The van der Waals surface area contributed by atoms with Gasteiger partial charge in [0.05, 0.1) is 18.6 Å². The quantitative estimate of drug-likeness (QED) is 0.528. The molecule has 172 valence electrons. The van der Waals surface area contributed by atoms with Crippen LogP contribution in [0.5, 0.6) is 5.75 Å². The van der Waals surface area contributed by atoms with E-state index in [2.05, 4.69) is 31.2 Å². The second kappa shape index (κ2) is 10.6. The molecule has 8 heteroatoms. The predicted molar refractivity (Wildman–Crippen MR) is 135 cm³/mol. The van der Waals surface area contributed by atoms with Crippen LogP contribution in [0.4, 0.5) is 17.2 Å². The van der Waals surface area contributed by atoms with Crippen molar-refractivity contribution in [3.63, 3.8) is 0 Å². The third-order valence-corrected chi connectivity index (χ3v) is 6.84. The van der Waals surface area contributed by atoms with Gasteiger partial charge >= 0.3 is 0 Å². The van der Waals surface area contributed by atoms with Crippen LogP contribution in [0.15, 0.2) is 59.9 Å². The molecule has 1 saturated heterocycles. The molecule has 4 rings (SSSR count). The fraction of sp³-hybridized carbons (Fsp3) is 0.320. The fourth-order valence-corrected chi connectivity index (χ4v) is 4.68. The van der Waals surface area contributed by atoms with Crippen LogP contribution in [0.2, 0.25) is 0 Å². The average molecular weight is 464 g/mol. The third-order valence-electron chi connectivity index (χ3n) is 5.87. The Balaban J connectivity index is 1.38. The highest BCUT2D eigenvalue weighted by molar-refractivity contribution is 8.00. The molecule has 1 fully saturated rings. The Morgan fingerprint density at radius 1 is 1.00 bits per heavy atom. The number of methoxy groups -OCH3 is 1. The second-order valence-corrected chi connectivity index (χ2v) is 8.88. The summed E-state index contributed by atoms with van der Waals surface area (Å²) in [5, 5.41) is 3.79. The number of carbonyl (C=O) groups excluding carboxylic acids is 1. The lowest BCUT2D eigenvalue weighted by molar-refractivity contribution is -0.113. The maximum atomic E-state index is 12.6. The van der Waals surface area contributed by atoms with E-state index in [1.807, 2.05) is 50.2 Å². The van der Waals surface area contributed by atoms with Gasteiger partial charge in [-0.25, -0.2) is 9.97 Å².